The van der Waals surface area contributed by atoms with Crippen LogP contribution in [0, 0.1) is 13.8 Å². The second kappa shape index (κ2) is 7.01. The largest absolute Gasteiger partial charge is 0.424 e. The standard InChI is InChI=1S/C21H19NO2/c1-16-8-12-18(13-9-16)22(19-14-10-17(2)11-15-19)21(23)24-20-6-4-3-5-7-20/h3-15H,1-2H3. The van der Waals surface area contributed by atoms with E-state index in [1.807, 2.05) is 80.6 Å². The number of para-hydroxylation sites is 1. The summed E-state index contributed by atoms with van der Waals surface area (Å²) in [7, 11) is 0. The smallest absolute Gasteiger partial charge is 0.410 e. The highest BCUT2D eigenvalue weighted by molar-refractivity contribution is 5.97. The fraction of sp³-hybridized carbons (Fsp3) is 0.0952. The van der Waals surface area contributed by atoms with Crippen molar-refractivity contribution in [2.45, 2.75) is 13.8 Å². The van der Waals surface area contributed by atoms with Gasteiger partial charge in [-0.15, -0.1) is 0 Å². The Morgan fingerprint density at radius 1 is 0.708 bits per heavy atom. The van der Waals surface area contributed by atoms with E-state index in [-0.39, 0.29) is 0 Å². The van der Waals surface area contributed by atoms with Crippen LogP contribution in [-0.4, -0.2) is 6.09 Å². The van der Waals surface area contributed by atoms with Crippen molar-refractivity contribution in [3.63, 3.8) is 0 Å². The van der Waals surface area contributed by atoms with Crippen LogP contribution in [0.2, 0.25) is 0 Å². The van der Waals surface area contributed by atoms with E-state index >= 15 is 0 Å². The Bertz CT molecular complexity index is 763. The van der Waals surface area contributed by atoms with E-state index in [1.54, 1.807) is 17.0 Å². The molecule has 0 saturated carbocycles. The Morgan fingerprint density at radius 2 is 1.17 bits per heavy atom. The van der Waals surface area contributed by atoms with Crippen LogP contribution in [0.5, 0.6) is 5.75 Å². The van der Waals surface area contributed by atoms with Crippen LogP contribution in [0.1, 0.15) is 11.1 Å². The molecule has 0 aliphatic rings. The molecule has 0 radical (unpaired) electrons. The molecule has 0 aliphatic carbocycles. The second-order valence-electron chi connectivity index (χ2n) is 5.69. The maximum atomic E-state index is 12.8. The molecule has 0 heterocycles. The lowest BCUT2D eigenvalue weighted by Crippen LogP contribution is -2.29. The van der Waals surface area contributed by atoms with Gasteiger partial charge in [-0.25, -0.2) is 9.69 Å². The van der Waals surface area contributed by atoms with Gasteiger partial charge in [-0.2, -0.15) is 0 Å². The van der Waals surface area contributed by atoms with Crippen LogP contribution in [0.4, 0.5) is 16.2 Å². The number of hydrogen-bond acceptors (Lipinski definition) is 2. The molecule has 3 nitrogen and oxygen atoms in total. The van der Waals surface area contributed by atoms with E-state index < -0.39 is 6.09 Å². The van der Waals surface area contributed by atoms with E-state index in [0.717, 1.165) is 22.5 Å². The lowest BCUT2D eigenvalue weighted by Gasteiger charge is -2.22. The number of rotatable bonds is 3. The molecule has 3 aromatic rings. The lowest BCUT2D eigenvalue weighted by molar-refractivity contribution is 0.210. The third-order valence-electron chi connectivity index (χ3n) is 3.72. The van der Waals surface area contributed by atoms with Gasteiger partial charge in [0, 0.05) is 0 Å². The molecule has 0 bridgehead atoms. The number of aryl methyl sites for hydroxylation is 2. The Kier molecular flexibility index (Phi) is 4.62. The van der Waals surface area contributed by atoms with E-state index in [1.165, 1.54) is 0 Å². The molecule has 1 amide bonds. The number of benzene rings is 3. The Balaban J connectivity index is 1.96. The van der Waals surface area contributed by atoms with Gasteiger partial charge in [0.15, 0.2) is 0 Å². The maximum Gasteiger partial charge on any atom is 0.424 e. The topological polar surface area (TPSA) is 29.5 Å². The van der Waals surface area contributed by atoms with Crippen LogP contribution in [0.25, 0.3) is 0 Å². The normalized spacial score (nSPS) is 10.2. The number of ether oxygens (including phenoxy) is 1. The zero-order valence-electron chi connectivity index (χ0n) is 13.8. The van der Waals surface area contributed by atoms with Gasteiger partial charge in [-0.3, -0.25) is 0 Å². The Labute approximate surface area is 142 Å². The fourth-order valence-electron chi connectivity index (χ4n) is 2.38. The zero-order valence-corrected chi connectivity index (χ0v) is 13.8. The molecule has 120 valence electrons. The average Bonchev–Trinajstić information content (AvgIpc) is 2.59. The third-order valence-corrected chi connectivity index (χ3v) is 3.72. The number of carbonyl (C=O) groups excluding carboxylic acids is 1. The average molecular weight is 317 g/mol. The monoisotopic (exact) mass is 317 g/mol. The van der Waals surface area contributed by atoms with Gasteiger partial charge >= 0.3 is 6.09 Å². The molecule has 0 aromatic heterocycles. The van der Waals surface area contributed by atoms with E-state index in [2.05, 4.69) is 0 Å². The number of nitrogens with zero attached hydrogens (tertiary/aromatic N) is 1. The first-order valence-electron chi connectivity index (χ1n) is 7.84. The van der Waals surface area contributed by atoms with E-state index in [9.17, 15) is 4.79 Å². The van der Waals surface area contributed by atoms with Crippen LogP contribution >= 0.6 is 0 Å². The molecular formula is C21H19NO2. The van der Waals surface area contributed by atoms with Crippen molar-refractivity contribution < 1.29 is 9.53 Å². The summed E-state index contributed by atoms with van der Waals surface area (Å²) >= 11 is 0. The first kappa shape index (κ1) is 15.8. The molecule has 0 aliphatic heterocycles. The van der Waals surface area contributed by atoms with Crippen LogP contribution in [0.3, 0.4) is 0 Å². The van der Waals surface area contributed by atoms with Crippen molar-refractivity contribution in [2.24, 2.45) is 0 Å². The second-order valence-corrected chi connectivity index (χ2v) is 5.69. The molecule has 0 spiro atoms. The van der Waals surface area contributed by atoms with Gasteiger partial charge < -0.3 is 4.74 Å². The summed E-state index contributed by atoms with van der Waals surface area (Å²) in [6, 6.07) is 24.7. The minimum atomic E-state index is -0.436. The molecule has 0 unspecified atom stereocenters. The zero-order chi connectivity index (χ0) is 16.9. The fourth-order valence-corrected chi connectivity index (χ4v) is 2.38. The minimum Gasteiger partial charge on any atom is -0.410 e. The van der Waals surface area contributed by atoms with E-state index in [4.69, 9.17) is 4.74 Å². The number of anilines is 2. The van der Waals surface area contributed by atoms with Crippen molar-refractivity contribution in [1.82, 2.24) is 0 Å². The SMILES string of the molecule is Cc1ccc(N(C(=O)Oc2ccccc2)c2ccc(C)cc2)cc1. The summed E-state index contributed by atoms with van der Waals surface area (Å²) in [6.45, 7) is 4.03. The summed E-state index contributed by atoms with van der Waals surface area (Å²) in [5.41, 5.74) is 3.81. The molecule has 3 aromatic carbocycles. The lowest BCUT2D eigenvalue weighted by atomic mass is 10.2. The van der Waals surface area contributed by atoms with Crippen LogP contribution in [-0.2, 0) is 0 Å². The highest BCUT2D eigenvalue weighted by Gasteiger charge is 2.20. The van der Waals surface area contributed by atoms with Gasteiger partial charge in [0.2, 0.25) is 0 Å². The van der Waals surface area contributed by atoms with Crippen LogP contribution < -0.4 is 9.64 Å². The van der Waals surface area contributed by atoms with Crippen molar-refractivity contribution in [2.75, 3.05) is 4.90 Å². The van der Waals surface area contributed by atoms with Crippen molar-refractivity contribution >= 4 is 17.5 Å². The number of hydrogen-bond donors (Lipinski definition) is 0. The van der Waals surface area contributed by atoms with Gasteiger partial charge in [0.05, 0.1) is 11.4 Å². The quantitative estimate of drug-likeness (QED) is 0.625. The van der Waals surface area contributed by atoms with Crippen LogP contribution in [0.15, 0.2) is 78.9 Å². The van der Waals surface area contributed by atoms with Crippen molar-refractivity contribution in [3.8, 4) is 5.75 Å². The molecule has 24 heavy (non-hydrogen) atoms. The highest BCUT2D eigenvalue weighted by atomic mass is 16.6. The number of amides is 1. The molecular weight excluding hydrogens is 298 g/mol. The molecule has 0 N–H and O–H groups in total. The predicted octanol–water partition coefficient (Wildman–Crippen LogP) is 5.64. The van der Waals surface area contributed by atoms with Gasteiger partial charge in [-0.05, 0) is 50.2 Å². The minimum absolute atomic E-state index is 0.436. The van der Waals surface area contributed by atoms with Gasteiger partial charge in [-0.1, -0.05) is 53.6 Å². The summed E-state index contributed by atoms with van der Waals surface area (Å²) in [5, 5.41) is 0. The van der Waals surface area contributed by atoms with Gasteiger partial charge in [0.1, 0.15) is 5.75 Å². The number of carbonyl (C=O) groups is 1. The molecule has 3 heteroatoms. The summed E-state index contributed by atoms with van der Waals surface area (Å²) in [6.07, 6.45) is -0.436. The Morgan fingerprint density at radius 3 is 1.62 bits per heavy atom. The summed E-state index contributed by atoms with van der Waals surface area (Å²) < 4.78 is 5.53. The predicted molar refractivity (Wildman–Crippen MR) is 97.0 cm³/mol. The molecule has 0 fully saturated rings. The summed E-state index contributed by atoms with van der Waals surface area (Å²) in [5.74, 6) is 0.520. The molecule has 3 rings (SSSR count). The molecule has 0 saturated heterocycles. The maximum absolute atomic E-state index is 12.8. The molecule has 0 atom stereocenters. The van der Waals surface area contributed by atoms with Crippen molar-refractivity contribution in [1.29, 1.82) is 0 Å². The first-order valence-corrected chi connectivity index (χ1v) is 7.84. The summed E-state index contributed by atoms with van der Waals surface area (Å²) in [4.78, 5) is 14.4. The highest BCUT2D eigenvalue weighted by Crippen LogP contribution is 2.27. The first-order chi connectivity index (χ1) is 11.6. The van der Waals surface area contributed by atoms with Gasteiger partial charge in [0.25, 0.3) is 0 Å². The van der Waals surface area contributed by atoms with E-state index in [0.29, 0.717) is 5.75 Å². The van der Waals surface area contributed by atoms with Crippen molar-refractivity contribution in [3.05, 3.63) is 90.0 Å². The Hall–Kier alpha value is -3.07. The third kappa shape index (κ3) is 3.63.